The van der Waals surface area contributed by atoms with Crippen molar-refractivity contribution >= 4 is 92.8 Å². The van der Waals surface area contributed by atoms with Crippen molar-refractivity contribution in [1.82, 2.24) is 0 Å². The van der Waals surface area contributed by atoms with Gasteiger partial charge in [0.2, 0.25) is 11.8 Å². The third-order valence-electron chi connectivity index (χ3n) is 6.66. The summed E-state index contributed by atoms with van der Waals surface area (Å²) >= 11 is 31.4. The van der Waals surface area contributed by atoms with Gasteiger partial charge in [0.15, 0.2) is 0 Å². The van der Waals surface area contributed by atoms with Gasteiger partial charge in [-0.1, -0.05) is 34.8 Å². The maximum Gasteiger partial charge on any atom is 0.257 e. The average molecular weight is 626 g/mol. The molecule has 2 fully saturated rings. The molecule has 39 heavy (non-hydrogen) atoms. The molecule has 3 aromatic rings. The second kappa shape index (κ2) is 11.2. The quantitative estimate of drug-likeness (QED) is 0.221. The molecule has 0 unspecified atom stereocenters. The van der Waals surface area contributed by atoms with Gasteiger partial charge in [-0.05, 0) is 85.0 Å². The molecule has 2 aliphatic carbocycles. The van der Waals surface area contributed by atoms with Gasteiger partial charge in [-0.15, -0.1) is 23.2 Å². The Hall–Kier alpha value is -2.48. The molecule has 3 aromatic carbocycles. The summed E-state index contributed by atoms with van der Waals surface area (Å²) in [6.45, 7) is 0. The van der Waals surface area contributed by atoms with Crippen molar-refractivity contribution in [2.75, 3.05) is 16.0 Å². The molecule has 5 rings (SSSR count). The largest absolute Gasteiger partial charge is 0.326 e. The van der Waals surface area contributed by atoms with Crippen LogP contribution in [-0.2, 0) is 9.59 Å². The minimum Gasteiger partial charge on any atom is -0.326 e. The van der Waals surface area contributed by atoms with Gasteiger partial charge in [0.25, 0.3) is 5.91 Å². The third kappa shape index (κ3) is 6.64. The van der Waals surface area contributed by atoms with Gasteiger partial charge >= 0.3 is 0 Å². The van der Waals surface area contributed by atoms with E-state index in [1.807, 2.05) is 0 Å². The van der Waals surface area contributed by atoms with Gasteiger partial charge < -0.3 is 16.0 Å². The molecule has 2 saturated carbocycles. The summed E-state index contributed by atoms with van der Waals surface area (Å²) in [4.78, 5) is 38.0. The highest BCUT2D eigenvalue weighted by Gasteiger charge is 2.67. The Morgan fingerprint density at radius 2 is 1.36 bits per heavy atom. The molecule has 0 aliphatic heterocycles. The van der Waals surface area contributed by atoms with Gasteiger partial charge in [0.05, 0.1) is 16.5 Å². The highest BCUT2D eigenvalue weighted by molar-refractivity contribution is 6.53. The Bertz CT molecular complexity index is 1440. The van der Waals surface area contributed by atoms with Crippen LogP contribution >= 0.6 is 58.0 Å². The third-order valence-corrected chi connectivity index (χ3v) is 8.36. The number of hydrogen-bond donors (Lipinski definition) is 3. The first-order chi connectivity index (χ1) is 18.5. The molecule has 0 spiro atoms. The fraction of sp³-hybridized carbons (Fsp3) is 0.250. The van der Waals surface area contributed by atoms with Crippen LogP contribution in [0.4, 0.5) is 17.1 Å². The van der Waals surface area contributed by atoms with Gasteiger partial charge in [-0.25, -0.2) is 0 Å². The first-order valence-electron chi connectivity index (χ1n) is 12.2. The zero-order valence-electron chi connectivity index (χ0n) is 20.2. The molecule has 3 amide bonds. The van der Waals surface area contributed by atoms with Gasteiger partial charge in [0, 0.05) is 39.4 Å². The van der Waals surface area contributed by atoms with Crippen LogP contribution < -0.4 is 16.0 Å². The highest BCUT2D eigenvalue weighted by atomic mass is 35.5. The van der Waals surface area contributed by atoms with E-state index in [-0.39, 0.29) is 16.5 Å². The van der Waals surface area contributed by atoms with E-state index in [4.69, 9.17) is 58.0 Å². The first-order valence-corrected chi connectivity index (χ1v) is 14.1. The van der Waals surface area contributed by atoms with E-state index in [0.717, 1.165) is 12.8 Å². The SMILES string of the molecule is O=C(CC1CC1)Nc1ccc(NC(=O)c2cc(NC(=O)[C@@H]3[C@@H](c4cc(Cl)cc(Cl)c4)C3(Cl)Cl)ccc2Cl)cc1. The van der Waals surface area contributed by atoms with Crippen molar-refractivity contribution in [3.63, 3.8) is 0 Å². The molecule has 6 nitrogen and oxygen atoms in total. The average Bonchev–Trinajstić information content (AvgIpc) is 3.77. The van der Waals surface area contributed by atoms with Crippen LogP contribution in [0.2, 0.25) is 15.1 Å². The lowest BCUT2D eigenvalue weighted by molar-refractivity contribution is -0.117. The topological polar surface area (TPSA) is 87.3 Å². The Morgan fingerprint density at radius 1 is 0.769 bits per heavy atom. The number of hydrogen-bond acceptors (Lipinski definition) is 3. The maximum atomic E-state index is 13.1. The normalized spacial score (nSPS) is 19.2. The molecule has 0 saturated heterocycles. The molecule has 0 bridgehead atoms. The lowest BCUT2D eigenvalue weighted by Gasteiger charge is -2.11. The molecule has 0 heterocycles. The van der Waals surface area contributed by atoms with Gasteiger partial charge in [0.1, 0.15) is 4.33 Å². The second-order valence-corrected chi connectivity index (χ2v) is 12.5. The Balaban J connectivity index is 1.23. The van der Waals surface area contributed by atoms with E-state index in [1.165, 1.54) is 12.1 Å². The number of carbonyl (C=O) groups is 3. The van der Waals surface area contributed by atoms with Crippen molar-refractivity contribution in [1.29, 1.82) is 0 Å². The van der Waals surface area contributed by atoms with Crippen LogP contribution in [0.25, 0.3) is 0 Å². The van der Waals surface area contributed by atoms with Crippen molar-refractivity contribution in [3.05, 3.63) is 86.9 Å². The Labute approximate surface area is 250 Å². The molecule has 2 aliphatic rings. The molecular weight excluding hydrogens is 604 g/mol. The minimum atomic E-state index is -1.34. The van der Waals surface area contributed by atoms with Crippen LogP contribution in [0, 0.1) is 11.8 Å². The zero-order chi connectivity index (χ0) is 27.9. The number of nitrogens with one attached hydrogen (secondary N) is 3. The number of alkyl halides is 2. The molecule has 2 atom stereocenters. The van der Waals surface area contributed by atoms with E-state index in [0.29, 0.717) is 45.0 Å². The smallest absolute Gasteiger partial charge is 0.257 e. The summed E-state index contributed by atoms with van der Waals surface area (Å²) in [5, 5.41) is 9.42. The second-order valence-electron chi connectivity index (χ2n) is 9.74. The molecule has 3 N–H and O–H groups in total. The molecule has 202 valence electrons. The lowest BCUT2D eigenvalue weighted by Crippen LogP contribution is -2.18. The zero-order valence-corrected chi connectivity index (χ0v) is 24.0. The summed E-state index contributed by atoms with van der Waals surface area (Å²) < 4.78 is -1.34. The first kappa shape index (κ1) is 28.1. The van der Waals surface area contributed by atoms with Crippen molar-refractivity contribution in [2.45, 2.75) is 29.5 Å². The highest BCUT2D eigenvalue weighted by Crippen LogP contribution is 2.65. The number of anilines is 3. The lowest BCUT2D eigenvalue weighted by atomic mass is 10.1. The maximum absolute atomic E-state index is 13.1. The van der Waals surface area contributed by atoms with E-state index in [1.54, 1.807) is 48.5 Å². The van der Waals surface area contributed by atoms with Crippen LogP contribution in [0.15, 0.2) is 60.7 Å². The Morgan fingerprint density at radius 3 is 1.97 bits per heavy atom. The molecule has 0 aromatic heterocycles. The monoisotopic (exact) mass is 623 g/mol. The minimum absolute atomic E-state index is 0.0191. The Kier molecular flexibility index (Phi) is 8.05. The van der Waals surface area contributed by atoms with Gasteiger partial charge in [-0.3, -0.25) is 14.4 Å². The van der Waals surface area contributed by atoms with Crippen LogP contribution in [0.1, 0.15) is 41.1 Å². The number of rotatable bonds is 8. The van der Waals surface area contributed by atoms with Crippen molar-refractivity contribution < 1.29 is 14.4 Å². The number of carbonyl (C=O) groups excluding carboxylic acids is 3. The summed E-state index contributed by atoms with van der Waals surface area (Å²) in [6, 6.07) is 16.3. The summed E-state index contributed by atoms with van der Waals surface area (Å²) in [5.41, 5.74) is 2.33. The number of amides is 3. The number of benzene rings is 3. The summed E-state index contributed by atoms with van der Waals surface area (Å²) in [5.74, 6) is -1.68. The summed E-state index contributed by atoms with van der Waals surface area (Å²) in [7, 11) is 0. The van der Waals surface area contributed by atoms with Crippen molar-refractivity contribution in [2.24, 2.45) is 11.8 Å². The molecule has 11 heteroatoms. The predicted molar refractivity (Wildman–Crippen MR) is 158 cm³/mol. The number of halogens is 5. The molecular formula is C28H22Cl5N3O3. The summed E-state index contributed by atoms with van der Waals surface area (Å²) in [6.07, 6.45) is 2.73. The predicted octanol–water partition coefficient (Wildman–Crippen LogP) is 8.16. The van der Waals surface area contributed by atoms with Crippen LogP contribution in [0.5, 0.6) is 0 Å². The fourth-order valence-corrected chi connectivity index (χ4v) is 6.03. The molecule has 0 radical (unpaired) electrons. The van der Waals surface area contributed by atoms with Gasteiger partial charge in [-0.2, -0.15) is 0 Å². The van der Waals surface area contributed by atoms with E-state index >= 15 is 0 Å². The van der Waals surface area contributed by atoms with E-state index in [9.17, 15) is 14.4 Å². The fourth-order valence-electron chi connectivity index (χ4n) is 4.45. The van der Waals surface area contributed by atoms with Crippen LogP contribution in [0.3, 0.4) is 0 Å². The standard InChI is InChI=1S/C28H22Cl5N3O3/c29-16-10-15(11-17(30)12-16)24-25(28(24,32)33)27(39)36-20-7-8-22(31)21(13-20)26(38)35-19-5-3-18(4-6-19)34-23(37)9-14-1-2-14/h3-8,10-14,24-25H,1-2,9H2,(H,34,37)(H,35,38)(H,36,39)/t24-,25+/m1/s1. The van der Waals surface area contributed by atoms with E-state index in [2.05, 4.69) is 16.0 Å². The van der Waals surface area contributed by atoms with Crippen molar-refractivity contribution in [3.8, 4) is 0 Å². The van der Waals surface area contributed by atoms with Crippen LogP contribution in [-0.4, -0.2) is 22.1 Å². The van der Waals surface area contributed by atoms with E-state index < -0.39 is 28.0 Å².